The number of aliphatic hydroxyl groups excluding tert-OH is 1. The second kappa shape index (κ2) is 10.4. The van der Waals surface area contributed by atoms with Gasteiger partial charge in [0.1, 0.15) is 6.61 Å². The summed E-state index contributed by atoms with van der Waals surface area (Å²) in [5, 5.41) is 10.8. The maximum atomic E-state index is 10.9. The maximum Gasteiger partial charge on any atom is 0.407 e. The van der Waals surface area contributed by atoms with E-state index in [1.54, 1.807) is 12.1 Å². The molecule has 0 aromatic heterocycles. The van der Waals surface area contributed by atoms with E-state index in [2.05, 4.69) is 5.32 Å². The second-order valence-corrected chi connectivity index (χ2v) is 6.42. The van der Waals surface area contributed by atoms with Crippen LogP contribution in [0.3, 0.4) is 0 Å². The molecular formula is C17H21NO6S. The van der Waals surface area contributed by atoms with E-state index in [9.17, 15) is 13.2 Å². The molecule has 7 nitrogen and oxygen atoms in total. The molecule has 1 amide bonds. The molecular weight excluding hydrogens is 346 g/mol. The number of amides is 1. The number of hydrogen-bond acceptors (Lipinski definition) is 5. The summed E-state index contributed by atoms with van der Waals surface area (Å²) in [6.45, 7) is 2.22. The molecule has 0 spiro atoms. The van der Waals surface area contributed by atoms with Gasteiger partial charge in [-0.15, -0.1) is 0 Å². The smallest absolute Gasteiger partial charge is 0.407 e. The average molecular weight is 367 g/mol. The fraction of sp³-hybridized carbons (Fsp3) is 0.235. The fourth-order valence-corrected chi connectivity index (χ4v) is 2.12. The van der Waals surface area contributed by atoms with Crippen molar-refractivity contribution in [3.8, 4) is 0 Å². The number of aryl methyl sites for hydroxylation is 1. The van der Waals surface area contributed by atoms with Gasteiger partial charge in [0.15, 0.2) is 0 Å². The van der Waals surface area contributed by atoms with E-state index in [4.69, 9.17) is 14.4 Å². The first-order valence-corrected chi connectivity index (χ1v) is 8.86. The molecule has 2 rings (SSSR count). The number of carbonyl (C=O) groups excluding carboxylic acids is 1. The van der Waals surface area contributed by atoms with E-state index in [0.717, 1.165) is 11.1 Å². The van der Waals surface area contributed by atoms with Crippen LogP contribution in [0, 0.1) is 6.92 Å². The van der Waals surface area contributed by atoms with Gasteiger partial charge in [-0.05, 0) is 24.6 Å². The molecule has 0 aliphatic heterocycles. The summed E-state index contributed by atoms with van der Waals surface area (Å²) in [5.74, 6) is 0. The van der Waals surface area contributed by atoms with Crippen LogP contribution in [-0.2, 0) is 21.5 Å². The molecule has 3 N–H and O–H groups in total. The molecule has 0 unspecified atom stereocenters. The van der Waals surface area contributed by atoms with Crippen molar-refractivity contribution in [1.82, 2.24) is 5.32 Å². The van der Waals surface area contributed by atoms with Crippen LogP contribution >= 0.6 is 0 Å². The first-order chi connectivity index (χ1) is 11.8. The Bertz CT molecular complexity index is 744. The first kappa shape index (κ1) is 20.6. The van der Waals surface area contributed by atoms with E-state index >= 15 is 0 Å². The van der Waals surface area contributed by atoms with E-state index in [1.165, 1.54) is 12.1 Å². The van der Waals surface area contributed by atoms with E-state index in [-0.39, 0.29) is 24.7 Å². The predicted octanol–water partition coefficient (Wildman–Crippen LogP) is 2.15. The lowest BCUT2D eigenvalue weighted by molar-refractivity contribution is 0.137. The zero-order valence-corrected chi connectivity index (χ0v) is 14.6. The minimum Gasteiger partial charge on any atom is -0.445 e. The number of nitrogens with one attached hydrogen (secondary N) is 1. The Kier molecular flexibility index (Phi) is 8.62. The lowest BCUT2D eigenvalue weighted by atomic mass is 10.2. The summed E-state index contributed by atoms with van der Waals surface area (Å²) in [4.78, 5) is 10.9. The van der Waals surface area contributed by atoms with Crippen molar-refractivity contribution in [1.29, 1.82) is 0 Å². The highest BCUT2D eigenvalue weighted by atomic mass is 32.2. The topological polar surface area (TPSA) is 113 Å². The molecule has 0 saturated carbocycles. The van der Waals surface area contributed by atoms with Crippen molar-refractivity contribution in [3.63, 3.8) is 0 Å². The Morgan fingerprint density at radius 1 is 1.08 bits per heavy atom. The van der Waals surface area contributed by atoms with Crippen LogP contribution in [0.1, 0.15) is 11.1 Å². The molecule has 0 aliphatic carbocycles. The van der Waals surface area contributed by atoms with Crippen molar-refractivity contribution in [3.05, 3.63) is 65.7 Å². The summed E-state index contributed by atoms with van der Waals surface area (Å²) in [6, 6.07) is 15.4. The van der Waals surface area contributed by atoms with E-state index in [1.807, 2.05) is 37.3 Å². The summed E-state index contributed by atoms with van der Waals surface area (Å²) in [6.07, 6.45) is -0.511. The number of carbonyl (C=O) groups is 1. The number of rotatable bonds is 5. The van der Waals surface area contributed by atoms with Crippen LogP contribution in [0.2, 0.25) is 0 Å². The summed E-state index contributed by atoms with van der Waals surface area (Å²) in [5.41, 5.74) is 1.89. The summed E-state index contributed by atoms with van der Waals surface area (Å²) in [7, 11) is -4.02. The number of benzene rings is 2. The molecule has 0 radical (unpaired) electrons. The van der Waals surface area contributed by atoms with Crippen LogP contribution in [0.5, 0.6) is 0 Å². The molecule has 2 aromatic rings. The molecule has 8 heteroatoms. The number of aliphatic hydroxyl groups is 1. The lowest BCUT2D eigenvalue weighted by Crippen LogP contribution is -2.26. The third kappa shape index (κ3) is 8.85. The third-order valence-corrected chi connectivity index (χ3v) is 3.78. The normalized spacial score (nSPS) is 10.4. The standard InChI is InChI=1S/C10H13NO3.C7H8O3S/c12-7-6-11-10(13)14-8-9-4-2-1-3-5-9;1-6-2-4-7(5-3-6)11(8,9)10/h1-5,12H,6-8H2,(H,11,13);2-5H,1H3,(H,8,9,10). The first-order valence-electron chi connectivity index (χ1n) is 7.42. The van der Waals surface area contributed by atoms with Crippen molar-refractivity contribution < 1.29 is 27.6 Å². The Morgan fingerprint density at radius 2 is 1.68 bits per heavy atom. The Labute approximate surface area is 147 Å². The zero-order valence-electron chi connectivity index (χ0n) is 13.8. The molecule has 0 heterocycles. The average Bonchev–Trinajstić information content (AvgIpc) is 2.59. The van der Waals surface area contributed by atoms with Gasteiger partial charge >= 0.3 is 6.09 Å². The van der Waals surface area contributed by atoms with E-state index in [0.29, 0.717) is 0 Å². The monoisotopic (exact) mass is 367 g/mol. The van der Waals surface area contributed by atoms with Crippen LogP contribution in [-0.4, -0.2) is 37.3 Å². The summed E-state index contributed by atoms with van der Waals surface area (Å²) < 4.78 is 34.4. The van der Waals surface area contributed by atoms with Crippen molar-refractivity contribution in [2.45, 2.75) is 18.4 Å². The van der Waals surface area contributed by atoms with Crippen LogP contribution in [0.4, 0.5) is 4.79 Å². The van der Waals surface area contributed by atoms with E-state index < -0.39 is 16.2 Å². The molecule has 0 atom stereocenters. The molecule has 0 bridgehead atoms. The van der Waals surface area contributed by atoms with Gasteiger partial charge in [0.05, 0.1) is 11.5 Å². The van der Waals surface area contributed by atoms with Crippen LogP contribution < -0.4 is 5.32 Å². The highest BCUT2D eigenvalue weighted by molar-refractivity contribution is 7.85. The third-order valence-electron chi connectivity index (χ3n) is 2.91. The summed E-state index contributed by atoms with van der Waals surface area (Å²) >= 11 is 0. The number of hydrogen-bond donors (Lipinski definition) is 3. The fourth-order valence-electron chi connectivity index (χ4n) is 1.64. The van der Waals surface area contributed by atoms with Crippen molar-refractivity contribution in [2.24, 2.45) is 0 Å². The molecule has 2 aromatic carbocycles. The maximum absolute atomic E-state index is 10.9. The SMILES string of the molecule is Cc1ccc(S(=O)(=O)O)cc1.O=C(NCCO)OCc1ccccc1. The van der Waals surface area contributed by atoms with Gasteiger partial charge in [-0.3, -0.25) is 4.55 Å². The quantitative estimate of drug-likeness (QED) is 0.698. The number of ether oxygens (including phenoxy) is 1. The van der Waals surface area contributed by atoms with Gasteiger partial charge in [-0.25, -0.2) is 4.79 Å². The van der Waals surface area contributed by atoms with Gasteiger partial charge in [0.2, 0.25) is 0 Å². The Morgan fingerprint density at radius 3 is 2.20 bits per heavy atom. The molecule has 0 fully saturated rings. The van der Waals surface area contributed by atoms with Crippen LogP contribution in [0.15, 0.2) is 59.5 Å². The molecule has 25 heavy (non-hydrogen) atoms. The minimum absolute atomic E-state index is 0.0666. The zero-order chi connectivity index (χ0) is 18.7. The van der Waals surface area contributed by atoms with Gasteiger partial charge in [0.25, 0.3) is 10.1 Å². The van der Waals surface area contributed by atoms with Gasteiger partial charge in [-0.1, -0.05) is 48.0 Å². The Balaban J connectivity index is 0.000000257. The van der Waals surface area contributed by atoms with Crippen molar-refractivity contribution >= 4 is 16.2 Å². The molecule has 0 saturated heterocycles. The molecule has 136 valence electrons. The number of alkyl carbamates (subject to hydrolysis) is 1. The van der Waals surface area contributed by atoms with Gasteiger partial charge < -0.3 is 15.2 Å². The highest BCUT2D eigenvalue weighted by Gasteiger charge is 2.06. The minimum atomic E-state index is -4.02. The van der Waals surface area contributed by atoms with Crippen molar-refractivity contribution in [2.75, 3.05) is 13.2 Å². The highest BCUT2D eigenvalue weighted by Crippen LogP contribution is 2.08. The molecule has 0 aliphatic rings. The second-order valence-electron chi connectivity index (χ2n) is 5.00. The Hall–Kier alpha value is -2.42. The largest absolute Gasteiger partial charge is 0.445 e. The lowest BCUT2D eigenvalue weighted by Gasteiger charge is -2.05. The van der Waals surface area contributed by atoms with Crippen LogP contribution in [0.25, 0.3) is 0 Å². The van der Waals surface area contributed by atoms with Gasteiger partial charge in [0, 0.05) is 6.54 Å². The predicted molar refractivity (Wildman–Crippen MR) is 92.7 cm³/mol. The van der Waals surface area contributed by atoms with Gasteiger partial charge in [-0.2, -0.15) is 8.42 Å².